The molecule has 0 saturated carbocycles. The fraction of sp³-hybridized carbons (Fsp3) is 0.296. The number of nitrogens with one attached hydrogen (secondary N) is 1. The number of carbonyl (C=O) groups excluding carboxylic acids is 1. The van der Waals surface area contributed by atoms with Crippen LogP contribution in [0.2, 0.25) is 10.0 Å². The van der Waals surface area contributed by atoms with Crippen LogP contribution in [-0.2, 0) is 27.7 Å². The number of nitrogens with zero attached hydrogens (tertiary/aromatic N) is 1. The van der Waals surface area contributed by atoms with E-state index in [-0.39, 0.29) is 21.6 Å². The Kier molecular flexibility index (Phi) is 7.74. The van der Waals surface area contributed by atoms with E-state index in [9.17, 15) is 13.2 Å². The molecule has 0 aliphatic heterocycles. The lowest BCUT2D eigenvalue weighted by molar-refractivity contribution is -0.120. The molecule has 1 aliphatic carbocycles. The van der Waals surface area contributed by atoms with E-state index in [1.54, 1.807) is 18.2 Å². The van der Waals surface area contributed by atoms with Gasteiger partial charge in [0.15, 0.2) is 0 Å². The van der Waals surface area contributed by atoms with Gasteiger partial charge in [-0.1, -0.05) is 59.1 Å². The number of aryl methyl sites for hydroxylation is 3. The summed E-state index contributed by atoms with van der Waals surface area (Å²) in [5.74, 6) is -0.443. The number of hydrogen-bond acceptors (Lipinski definition) is 3. The highest BCUT2D eigenvalue weighted by Crippen LogP contribution is 2.33. The third-order valence-corrected chi connectivity index (χ3v) is 8.65. The zero-order chi connectivity index (χ0) is 25.2. The third kappa shape index (κ3) is 5.83. The van der Waals surface area contributed by atoms with Crippen LogP contribution < -0.4 is 9.62 Å². The van der Waals surface area contributed by atoms with Gasteiger partial charge in [0.25, 0.3) is 10.0 Å². The molecule has 1 amide bonds. The number of rotatable bonds is 7. The van der Waals surface area contributed by atoms with Gasteiger partial charge in [-0.2, -0.15) is 0 Å². The lowest BCUT2D eigenvalue weighted by Crippen LogP contribution is -2.41. The Labute approximate surface area is 217 Å². The van der Waals surface area contributed by atoms with Crippen molar-refractivity contribution in [3.8, 4) is 0 Å². The van der Waals surface area contributed by atoms with Crippen LogP contribution in [0.15, 0.2) is 65.6 Å². The summed E-state index contributed by atoms with van der Waals surface area (Å²) in [6, 6.07) is 17.0. The first kappa shape index (κ1) is 25.5. The van der Waals surface area contributed by atoms with Crippen LogP contribution in [0.25, 0.3) is 0 Å². The number of hydrogen-bond donors (Lipinski definition) is 1. The summed E-state index contributed by atoms with van der Waals surface area (Å²) in [6.07, 6.45) is 4.50. The Morgan fingerprint density at radius 3 is 2.37 bits per heavy atom. The number of benzene rings is 3. The van der Waals surface area contributed by atoms with Crippen molar-refractivity contribution < 1.29 is 13.2 Å². The first-order chi connectivity index (χ1) is 16.6. The molecule has 184 valence electrons. The smallest absolute Gasteiger partial charge is 0.264 e. The van der Waals surface area contributed by atoms with E-state index < -0.39 is 22.5 Å². The molecule has 0 saturated heterocycles. The molecule has 0 radical (unpaired) electrons. The Morgan fingerprint density at radius 2 is 1.66 bits per heavy atom. The second-order valence-electron chi connectivity index (χ2n) is 8.94. The molecule has 35 heavy (non-hydrogen) atoms. The second-order valence-corrected chi connectivity index (χ2v) is 11.7. The van der Waals surface area contributed by atoms with Crippen LogP contribution in [0.1, 0.15) is 48.1 Å². The summed E-state index contributed by atoms with van der Waals surface area (Å²) >= 11 is 12.5. The zero-order valence-corrected chi connectivity index (χ0v) is 22.1. The van der Waals surface area contributed by atoms with Crippen LogP contribution >= 0.6 is 23.2 Å². The van der Waals surface area contributed by atoms with Crippen molar-refractivity contribution in [2.24, 2.45) is 0 Å². The summed E-state index contributed by atoms with van der Waals surface area (Å²) in [4.78, 5) is 13.2. The Bertz CT molecular complexity index is 1340. The van der Waals surface area contributed by atoms with Gasteiger partial charge in [-0.25, -0.2) is 8.42 Å². The van der Waals surface area contributed by atoms with Crippen LogP contribution in [0.3, 0.4) is 0 Å². The normalized spacial score (nSPS) is 14.2. The molecule has 1 aliphatic rings. The molecule has 0 bridgehead atoms. The average molecular weight is 532 g/mol. The maximum Gasteiger partial charge on any atom is 0.264 e. The minimum atomic E-state index is -4.09. The minimum absolute atomic E-state index is 0.0645. The fourth-order valence-electron chi connectivity index (χ4n) is 4.34. The van der Waals surface area contributed by atoms with E-state index in [2.05, 4.69) is 17.4 Å². The van der Waals surface area contributed by atoms with Gasteiger partial charge in [-0.3, -0.25) is 9.10 Å². The molecule has 0 spiro atoms. The molecule has 1 atom stereocenters. The number of fused-ring (bicyclic) bond motifs is 1. The summed E-state index contributed by atoms with van der Waals surface area (Å²) < 4.78 is 28.2. The third-order valence-electron chi connectivity index (χ3n) is 6.32. The van der Waals surface area contributed by atoms with Crippen molar-refractivity contribution in [3.05, 3.63) is 93.0 Å². The van der Waals surface area contributed by atoms with Crippen molar-refractivity contribution in [2.75, 3.05) is 10.8 Å². The topological polar surface area (TPSA) is 66.5 Å². The standard InChI is InChI=1S/C27H28Cl2N2O3S/c1-18-7-12-24(13-8-18)35(33,34)31(26-16-23(28)11-14-25(26)29)17-27(32)30-19(2)21-10-9-20-5-3-4-6-22(20)15-21/h7-16,19H,3-6,17H2,1-2H3,(H,30,32)/t19-/m0/s1. The highest BCUT2D eigenvalue weighted by molar-refractivity contribution is 7.92. The number of amides is 1. The maximum atomic E-state index is 13.6. The van der Waals surface area contributed by atoms with Crippen LogP contribution in [0.5, 0.6) is 0 Å². The predicted octanol–water partition coefficient (Wildman–Crippen LogP) is 6.25. The molecule has 5 nitrogen and oxygen atoms in total. The van der Waals surface area contributed by atoms with E-state index in [0.717, 1.165) is 28.3 Å². The molecule has 0 aromatic heterocycles. The van der Waals surface area contributed by atoms with Gasteiger partial charge >= 0.3 is 0 Å². The van der Waals surface area contributed by atoms with Gasteiger partial charge in [0, 0.05) is 5.02 Å². The Hall–Kier alpha value is -2.54. The molecular formula is C27H28Cl2N2O3S. The van der Waals surface area contributed by atoms with E-state index >= 15 is 0 Å². The van der Waals surface area contributed by atoms with Gasteiger partial charge in [0.1, 0.15) is 6.54 Å². The molecule has 3 aromatic carbocycles. The summed E-state index contributed by atoms with van der Waals surface area (Å²) in [6.45, 7) is 3.33. The van der Waals surface area contributed by atoms with Crippen LogP contribution in [-0.4, -0.2) is 20.9 Å². The van der Waals surface area contributed by atoms with Crippen LogP contribution in [0, 0.1) is 6.92 Å². The summed E-state index contributed by atoms with van der Waals surface area (Å²) in [5, 5.41) is 3.45. The van der Waals surface area contributed by atoms with Crippen molar-refractivity contribution >= 4 is 44.8 Å². The summed E-state index contributed by atoms with van der Waals surface area (Å²) in [5.41, 5.74) is 4.76. The first-order valence-corrected chi connectivity index (χ1v) is 13.8. The Balaban J connectivity index is 1.61. The Morgan fingerprint density at radius 1 is 0.971 bits per heavy atom. The maximum absolute atomic E-state index is 13.6. The average Bonchev–Trinajstić information content (AvgIpc) is 2.84. The lowest BCUT2D eigenvalue weighted by atomic mass is 9.89. The van der Waals surface area contributed by atoms with E-state index in [0.29, 0.717) is 5.02 Å². The highest BCUT2D eigenvalue weighted by atomic mass is 35.5. The van der Waals surface area contributed by atoms with Gasteiger partial charge in [-0.15, -0.1) is 0 Å². The van der Waals surface area contributed by atoms with Crippen LogP contribution in [0.4, 0.5) is 5.69 Å². The van der Waals surface area contributed by atoms with E-state index in [1.165, 1.54) is 48.2 Å². The quantitative estimate of drug-likeness (QED) is 0.392. The number of sulfonamides is 1. The second kappa shape index (κ2) is 10.6. The number of anilines is 1. The molecule has 3 aromatic rings. The molecular weight excluding hydrogens is 503 g/mol. The molecule has 8 heteroatoms. The highest BCUT2D eigenvalue weighted by Gasteiger charge is 2.29. The van der Waals surface area contributed by atoms with Gasteiger partial charge in [0.2, 0.25) is 5.91 Å². The van der Waals surface area contributed by atoms with Gasteiger partial charge in [-0.05, 0) is 86.6 Å². The monoisotopic (exact) mass is 530 g/mol. The number of carbonyl (C=O) groups is 1. The predicted molar refractivity (Wildman–Crippen MR) is 142 cm³/mol. The van der Waals surface area contributed by atoms with Gasteiger partial charge < -0.3 is 5.32 Å². The largest absolute Gasteiger partial charge is 0.348 e. The first-order valence-electron chi connectivity index (χ1n) is 11.6. The van der Waals surface area contributed by atoms with E-state index in [1.807, 2.05) is 19.9 Å². The van der Waals surface area contributed by atoms with Crippen molar-refractivity contribution in [2.45, 2.75) is 50.5 Å². The fourth-order valence-corrected chi connectivity index (χ4v) is 6.21. The molecule has 0 heterocycles. The molecule has 0 fully saturated rings. The minimum Gasteiger partial charge on any atom is -0.348 e. The zero-order valence-electron chi connectivity index (χ0n) is 19.7. The molecule has 0 unspecified atom stereocenters. The number of halogens is 2. The lowest BCUT2D eigenvalue weighted by Gasteiger charge is -2.26. The van der Waals surface area contributed by atoms with Gasteiger partial charge in [0.05, 0.1) is 21.6 Å². The molecule has 4 rings (SSSR count). The van der Waals surface area contributed by atoms with Crippen molar-refractivity contribution in [3.63, 3.8) is 0 Å². The molecule has 1 N–H and O–H groups in total. The summed E-state index contributed by atoms with van der Waals surface area (Å²) in [7, 11) is -4.09. The van der Waals surface area contributed by atoms with E-state index in [4.69, 9.17) is 23.2 Å². The van der Waals surface area contributed by atoms with Crippen molar-refractivity contribution in [1.29, 1.82) is 0 Å². The van der Waals surface area contributed by atoms with Crippen molar-refractivity contribution in [1.82, 2.24) is 5.32 Å². The SMILES string of the molecule is Cc1ccc(S(=O)(=O)N(CC(=O)N[C@@H](C)c2ccc3c(c2)CCCC3)c2cc(Cl)ccc2Cl)cc1.